The number of carbonyl (C=O) groups is 1. The number of benzene rings is 2. The van der Waals surface area contributed by atoms with Gasteiger partial charge in [0.1, 0.15) is 5.82 Å². The lowest BCUT2D eigenvalue weighted by Crippen LogP contribution is -2.38. The fraction of sp³-hybridized carbons (Fsp3) is 0.429. The van der Waals surface area contributed by atoms with Crippen LogP contribution in [0.15, 0.2) is 66.0 Å². The Labute approximate surface area is 218 Å². The van der Waals surface area contributed by atoms with Crippen LogP contribution in [0.4, 0.5) is 4.39 Å². The normalized spacial score (nSPS) is 15.8. The third-order valence-electron chi connectivity index (χ3n) is 6.37. The minimum absolute atomic E-state index is 0.00804. The summed E-state index contributed by atoms with van der Waals surface area (Å²) in [6.07, 6.45) is 3.78. The zero-order valence-corrected chi connectivity index (χ0v) is 22.2. The number of rotatable bonds is 11. The molecule has 0 radical (unpaired) electrons. The number of hydrogen-bond donors (Lipinski definition) is 0. The second-order valence-corrected chi connectivity index (χ2v) is 11.9. The predicted octanol–water partition coefficient (Wildman–Crippen LogP) is 4.60. The summed E-state index contributed by atoms with van der Waals surface area (Å²) in [5.74, 6) is -0.523. The highest BCUT2D eigenvalue weighted by Gasteiger charge is 2.28. The van der Waals surface area contributed by atoms with E-state index < -0.39 is 15.7 Å². The topological polar surface area (TPSA) is 81.5 Å². The third kappa shape index (κ3) is 7.26. The van der Waals surface area contributed by atoms with Crippen LogP contribution in [0.5, 0.6) is 0 Å². The Morgan fingerprint density at radius 3 is 2.51 bits per heavy atom. The highest BCUT2D eigenvalue weighted by Crippen LogP contribution is 2.22. The lowest BCUT2D eigenvalue weighted by Gasteiger charge is -2.27. The molecule has 1 fully saturated rings. The molecule has 1 atom stereocenters. The van der Waals surface area contributed by atoms with Crippen molar-refractivity contribution in [1.29, 1.82) is 0 Å². The maximum absolute atomic E-state index is 13.5. The van der Waals surface area contributed by atoms with Gasteiger partial charge in [-0.1, -0.05) is 56.3 Å². The minimum Gasteiger partial charge on any atom is -0.376 e. The van der Waals surface area contributed by atoms with E-state index in [1.54, 1.807) is 15.7 Å². The molecule has 1 aliphatic rings. The van der Waals surface area contributed by atoms with Crippen LogP contribution in [0.3, 0.4) is 0 Å². The van der Waals surface area contributed by atoms with Crippen molar-refractivity contribution in [3.8, 4) is 0 Å². The smallest absolute Gasteiger partial charge is 0.228 e. The second-order valence-electron chi connectivity index (χ2n) is 10.00. The lowest BCUT2D eigenvalue weighted by atomic mass is 10.1. The number of amides is 1. The first kappa shape index (κ1) is 27.0. The molecule has 37 heavy (non-hydrogen) atoms. The van der Waals surface area contributed by atoms with E-state index >= 15 is 0 Å². The van der Waals surface area contributed by atoms with Crippen LogP contribution in [-0.2, 0) is 38.2 Å². The van der Waals surface area contributed by atoms with Gasteiger partial charge >= 0.3 is 0 Å². The molecule has 1 amide bonds. The molecular formula is C28H34FN3O4S. The van der Waals surface area contributed by atoms with E-state index in [1.807, 2.05) is 44.2 Å². The molecule has 4 rings (SSSR count). The van der Waals surface area contributed by atoms with Gasteiger partial charge in [0.2, 0.25) is 20.9 Å². The van der Waals surface area contributed by atoms with E-state index in [9.17, 15) is 17.6 Å². The molecule has 7 nitrogen and oxygen atoms in total. The standard InChI is InChI=1S/C28H34FN3O4S/c1-21(2)15-27(33)31(19-26-9-6-14-36-26)18-25-16-30-28(32(25)17-22-7-4-3-5-8-22)37(34,35)20-23-10-12-24(29)13-11-23/h3-5,7-8,10-13,16,21,26H,6,9,14-15,17-20H2,1-2H3/t26-/m0/s1. The van der Waals surface area contributed by atoms with E-state index in [4.69, 9.17) is 4.74 Å². The van der Waals surface area contributed by atoms with Gasteiger partial charge in [-0.05, 0) is 42.0 Å². The number of imidazole rings is 1. The first-order valence-electron chi connectivity index (χ1n) is 12.7. The van der Waals surface area contributed by atoms with Crippen LogP contribution in [0.1, 0.15) is 49.9 Å². The van der Waals surface area contributed by atoms with E-state index in [0.717, 1.165) is 18.4 Å². The van der Waals surface area contributed by atoms with E-state index in [2.05, 4.69) is 4.98 Å². The number of halogens is 1. The number of aromatic nitrogens is 2. The number of carbonyl (C=O) groups excluding carboxylic acids is 1. The number of nitrogens with zero attached hydrogens (tertiary/aromatic N) is 3. The highest BCUT2D eigenvalue weighted by molar-refractivity contribution is 7.90. The van der Waals surface area contributed by atoms with Crippen LogP contribution in [0, 0.1) is 11.7 Å². The van der Waals surface area contributed by atoms with Gasteiger partial charge in [0.25, 0.3) is 0 Å². The second kappa shape index (κ2) is 12.0. The fourth-order valence-corrected chi connectivity index (χ4v) is 6.02. The largest absolute Gasteiger partial charge is 0.376 e. The average Bonchev–Trinajstić information content (AvgIpc) is 3.51. The molecule has 198 valence electrons. The van der Waals surface area contributed by atoms with Gasteiger partial charge in [0, 0.05) is 19.6 Å². The molecular weight excluding hydrogens is 493 g/mol. The summed E-state index contributed by atoms with van der Waals surface area (Å²) < 4.78 is 47.8. The lowest BCUT2D eigenvalue weighted by molar-refractivity contribution is -0.134. The molecule has 2 heterocycles. The Morgan fingerprint density at radius 2 is 1.86 bits per heavy atom. The molecule has 0 N–H and O–H groups in total. The van der Waals surface area contributed by atoms with Crippen molar-refractivity contribution in [3.63, 3.8) is 0 Å². The molecule has 2 aromatic carbocycles. The van der Waals surface area contributed by atoms with Gasteiger partial charge in [-0.25, -0.2) is 17.8 Å². The van der Waals surface area contributed by atoms with E-state index in [1.165, 1.54) is 24.3 Å². The summed E-state index contributed by atoms with van der Waals surface area (Å²) in [5.41, 5.74) is 2.03. The number of hydrogen-bond acceptors (Lipinski definition) is 5. The summed E-state index contributed by atoms with van der Waals surface area (Å²) in [7, 11) is -3.85. The molecule has 0 unspecified atom stereocenters. The van der Waals surface area contributed by atoms with Crippen LogP contribution < -0.4 is 0 Å². The Balaban J connectivity index is 1.67. The maximum atomic E-state index is 13.5. The predicted molar refractivity (Wildman–Crippen MR) is 139 cm³/mol. The van der Waals surface area contributed by atoms with Crippen molar-refractivity contribution in [2.45, 2.75) is 63.2 Å². The summed E-state index contributed by atoms with van der Waals surface area (Å²) in [4.78, 5) is 19.3. The molecule has 3 aromatic rings. The van der Waals surface area contributed by atoms with Crippen LogP contribution in [0.2, 0.25) is 0 Å². The molecule has 9 heteroatoms. The van der Waals surface area contributed by atoms with E-state index in [-0.39, 0.29) is 35.4 Å². The quantitative estimate of drug-likeness (QED) is 0.364. The van der Waals surface area contributed by atoms with Crippen molar-refractivity contribution in [1.82, 2.24) is 14.5 Å². The van der Waals surface area contributed by atoms with Crippen molar-refractivity contribution in [2.24, 2.45) is 5.92 Å². The zero-order chi connectivity index (χ0) is 26.4. The molecule has 1 aromatic heterocycles. The molecule has 0 bridgehead atoms. The molecule has 0 spiro atoms. The van der Waals surface area contributed by atoms with Crippen LogP contribution in [-0.4, -0.2) is 48.0 Å². The highest BCUT2D eigenvalue weighted by atomic mass is 32.2. The van der Waals surface area contributed by atoms with Crippen molar-refractivity contribution < 1.29 is 22.3 Å². The van der Waals surface area contributed by atoms with Gasteiger partial charge in [-0.3, -0.25) is 4.79 Å². The summed E-state index contributed by atoms with van der Waals surface area (Å²) in [6, 6.07) is 15.0. The minimum atomic E-state index is -3.85. The molecule has 0 aliphatic carbocycles. The van der Waals surface area contributed by atoms with Gasteiger partial charge in [0.05, 0.1) is 36.8 Å². The number of sulfone groups is 1. The summed E-state index contributed by atoms with van der Waals surface area (Å²) >= 11 is 0. The molecule has 1 saturated heterocycles. The zero-order valence-electron chi connectivity index (χ0n) is 21.3. The van der Waals surface area contributed by atoms with Crippen molar-refractivity contribution in [2.75, 3.05) is 13.2 Å². The third-order valence-corrected chi connectivity index (χ3v) is 7.97. The van der Waals surface area contributed by atoms with Crippen LogP contribution >= 0.6 is 0 Å². The van der Waals surface area contributed by atoms with Gasteiger partial charge in [-0.15, -0.1) is 0 Å². The van der Waals surface area contributed by atoms with E-state index in [0.29, 0.717) is 37.4 Å². The molecule has 1 aliphatic heterocycles. The van der Waals surface area contributed by atoms with Gasteiger partial charge in [0.15, 0.2) is 0 Å². The van der Waals surface area contributed by atoms with Crippen molar-refractivity contribution >= 4 is 15.7 Å². The Morgan fingerprint density at radius 1 is 1.14 bits per heavy atom. The molecule has 0 saturated carbocycles. The first-order valence-corrected chi connectivity index (χ1v) is 14.3. The first-order chi connectivity index (χ1) is 17.7. The summed E-state index contributed by atoms with van der Waals surface area (Å²) in [5, 5.41) is -0.0657. The Hall–Kier alpha value is -3.04. The maximum Gasteiger partial charge on any atom is 0.228 e. The summed E-state index contributed by atoms with van der Waals surface area (Å²) in [6.45, 7) is 5.68. The van der Waals surface area contributed by atoms with Gasteiger partial charge in [-0.2, -0.15) is 0 Å². The fourth-order valence-electron chi connectivity index (χ4n) is 4.53. The average molecular weight is 528 g/mol. The van der Waals surface area contributed by atoms with Crippen molar-refractivity contribution in [3.05, 3.63) is 83.4 Å². The van der Waals surface area contributed by atoms with Crippen LogP contribution in [0.25, 0.3) is 0 Å². The SMILES string of the molecule is CC(C)CC(=O)N(Cc1cnc(S(=O)(=O)Cc2ccc(F)cc2)n1Cc1ccccc1)C[C@@H]1CCCO1. The van der Waals surface area contributed by atoms with Gasteiger partial charge < -0.3 is 14.2 Å². The Kier molecular flexibility index (Phi) is 8.76. The Bertz CT molecular complexity index is 1280. The monoisotopic (exact) mass is 527 g/mol. The number of ether oxygens (including phenoxy) is 1.